The SMILES string of the molecule is Cc1cc2c3ccc[c-]c3c3ncc(-c4c(C5CC5)cc(C(C)C)cc4C4CC4)n3c2cc1C.[CH3-].[Ir].[Y]. The molecule has 2 saturated carbocycles. The molecule has 0 aliphatic heterocycles. The molecule has 2 nitrogen and oxygen atoms in total. The zero-order chi connectivity index (χ0) is 23.1. The summed E-state index contributed by atoms with van der Waals surface area (Å²) in [6, 6.07) is 19.6. The van der Waals surface area contributed by atoms with Gasteiger partial charge in [-0.1, -0.05) is 37.4 Å². The molecule has 0 N–H and O–H groups in total. The van der Waals surface area contributed by atoms with Crippen molar-refractivity contribution in [1.29, 1.82) is 0 Å². The number of hydrogen-bond donors (Lipinski definition) is 0. The van der Waals surface area contributed by atoms with E-state index in [1.807, 2.05) is 6.07 Å². The summed E-state index contributed by atoms with van der Waals surface area (Å²) in [5.74, 6) is 1.94. The number of nitrogens with zero attached hydrogens (tertiary/aromatic N) is 2. The summed E-state index contributed by atoms with van der Waals surface area (Å²) in [7, 11) is 0. The van der Waals surface area contributed by atoms with Crippen LogP contribution in [0.4, 0.5) is 0 Å². The van der Waals surface area contributed by atoms with E-state index in [0.717, 1.165) is 11.0 Å². The number of aryl methyl sites for hydroxylation is 2. The molecule has 0 unspecified atom stereocenters. The third-order valence-corrected chi connectivity index (χ3v) is 8.16. The normalized spacial score (nSPS) is 15.1. The molecule has 0 bridgehead atoms. The van der Waals surface area contributed by atoms with Crippen molar-refractivity contribution < 1.29 is 52.8 Å². The summed E-state index contributed by atoms with van der Waals surface area (Å²) < 4.78 is 2.45. The first-order chi connectivity index (χ1) is 16.5. The van der Waals surface area contributed by atoms with Gasteiger partial charge in [-0.2, -0.15) is 0 Å². The summed E-state index contributed by atoms with van der Waals surface area (Å²) in [6.07, 6.45) is 7.39. The maximum absolute atomic E-state index is 5.06. The quantitative estimate of drug-likeness (QED) is 0.133. The predicted molar refractivity (Wildman–Crippen MR) is 148 cm³/mol. The molecule has 2 aliphatic rings. The molecule has 3 aromatic carbocycles. The Morgan fingerprint density at radius 3 is 2.14 bits per heavy atom. The van der Waals surface area contributed by atoms with Crippen molar-refractivity contribution in [3.05, 3.63) is 90.0 Å². The molecule has 2 aliphatic carbocycles. The van der Waals surface area contributed by atoms with Crippen molar-refractivity contribution in [2.24, 2.45) is 0 Å². The molecule has 2 aromatic heterocycles. The van der Waals surface area contributed by atoms with Gasteiger partial charge in [-0.3, -0.25) is 4.98 Å². The Morgan fingerprint density at radius 1 is 0.919 bits per heavy atom. The first-order valence-electron chi connectivity index (χ1n) is 12.9. The van der Waals surface area contributed by atoms with Gasteiger partial charge in [0, 0.05) is 70.1 Å². The standard InChI is InChI=1S/C32H31N2.CH3.Ir.Y/c1-18(2)23-15-26(21-9-10-21)31(27(16-23)22-11-12-22)30-17-33-32-25-8-6-5-7-24(25)28-13-19(3)20(4)14-29(28)34(30)32;;;/h5-7,13-18,21-22H,9-12H2,1-4H3;1H3;;/q2*-1;;. The van der Waals surface area contributed by atoms with Crippen LogP contribution in [-0.4, -0.2) is 9.38 Å². The van der Waals surface area contributed by atoms with Gasteiger partial charge in [-0.25, -0.2) is 0 Å². The van der Waals surface area contributed by atoms with E-state index in [1.54, 1.807) is 11.1 Å². The molecule has 2 radical (unpaired) electrons. The maximum atomic E-state index is 5.06. The van der Waals surface area contributed by atoms with Gasteiger partial charge in [0.1, 0.15) is 0 Å². The van der Waals surface area contributed by atoms with Crippen LogP contribution in [0.25, 0.3) is 38.6 Å². The number of hydrogen-bond acceptors (Lipinski definition) is 1. The zero-order valence-electron chi connectivity index (χ0n) is 22.5. The van der Waals surface area contributed by atoms with E-state index < -0.39 is 0 Å². The van der Waals surface area contributed by atoms with Crippen molar-refractivity contribution >= 4 is 27.3 Å². The van der Waals surface area contributed by atoms with E-state index in [0.29, 0.717) is 17.8 Å². The third-order valence-electron chi connectivity index (χ3n) is 8.16. The van der Waals surface area contributed by atoms with Crippen LogP contribution in [0, 0.1) is 27.3 Å². The molecule has 0 amide bonds. The van der Waals surface area contributed by atoms with Gasteiger partial charge in [0.15, 0.2) is 0 Å². The Labute approximate surface area is 259 Å². The Bertz CT molecular complexity index is 1590. The van der Waals surface area contributed by atoms with E-state index >= 15 is 0 Å². The van der Waals surface area contributed by atoms with Crippen LogP contribution in [0.2, 0.25) is 0 Å². The minimum atomic E-state index is 0. The first kappa shape index (κ1) is 28.6. The molecule has 0 spiro atoms. The van der Waals surface area contributed by atoms with E-state index in [2.05, 4.69) is 80.8 Å². The summed E-state index contributed by atoms with van der Waals surface area (Å²) in [6.45, 7) is 9.10. The fraction of sp³-hybridized carbons (Fsp3) is 0.333. The Morgan fingerprint density at radius 2 is 1.54 bits per heavy atom. The average molecular weight is 740 g/mol. The fourth-order valence-corrected chi connectivity index (χ4v) is 5.77. The monoisotopic (exact) mass is 740 g/mol. The molecular weight excluding hydrogens is 706 g/mol. The minimum Gasteiger partial charge on any atom is -0.358 e. The summed E-state index contributed by atoms with van der Waals surface area (Å²) in [4.78, 5) is 5.06. The maximum Gasteiger partial charge on any atom is 0.0639 e. The van der Waals surface area contributed by atoms with Crippen molar-refractivity contribution in [1.82, 2.24) is 9.38 Å². The van der Waals surface area contributed by atoms with Crippen molar-refractivity contribution in [2.75, 3.05) is 0 Å². The van der Waals surface area contributed by atoms with Gasteiger partial charge in [-0.05, 0) is 96.6 Å². The van der Waals surface area contributed by atoms with Crippen LogP contribution >= 0.6 is 0 Å². The van der Waals surface area contributed by atoms with Gasteiger partial charge in [0.05, 0.1) is 11.3 Å². The third kappa shape index (κ3) is 4.69. The topological polar surface area (TPSA) is 17.3 Å². The summed E-state index contributed by atoms with van der Waals surface area (Å²) >= 11 is 0. The molecule has 190 valence electrons. The average Bonchev–Trinajstić information content (AvgIpc) is 3.76. The van der Waals surface area contributed by atoms with Crippen molar-refractivity contribution in [3.8, 4) is 11.3 Å². The Balaban J connectivity index is 0.00000107. The van der Waals surface area contributed by atoms with Crippen LogP contribution < -0.4 is 0 Å². The molecule has 0 atom stereocenters. The second kappa shape index (κ2) is 10.7. The van der Waals surface area contributed by atoms with Gasteiger partial charge in [-0.15, -0.1) is 29.7 Å². The van der Waals surface area contributed by atoms with Gasteiger partial charge >= 0.3 is 0 Å². The van der Waals surface area contributed by atoms with Crippen molar-refractivity contribution in [2.45, 2.75) is 71.1 Å². The van der Waals surface area contributed by atoms with E-state index in [9.17, 15) is 0 Å². The first-order valence-corrected chi connectivity index (χ1v) is 12.9. The predicted octanol–water partition coefficient (Wildman–Crippen LogP) is 9.05. The smallest absolute Gasteiger partial charge is 0.0639 e. The van der Waals surface area contributed by atoms with Crippen LogP contribution in [0.15, 0.2) is 48.7 Å². The van der Waals surface area contributed by atoms with E-state index in [4.69, 9.17) is 4.98 Å². The summed E-state index contributed by atoms with van der Waals surface area (Å²) in [5.41, 5.74) is 12.3. The number of benzene rings is 3. The number of aromatic nitrogens is 2. The Kier molecular flexibility index (Phi) is 8.24. The van der Waals surface area contributed by atoms with Gasteiger partial charge < -0.3 is 11.8 Å². The van der Waals surface area contributed by atoms with Crippen LogP contribution in [0.3, 0.4) is 0 Å². The zero-order valence-corrected chi connectivity index (χ0v) is 27.7. The van der Waals surface area contributed by atoms with Crippen molar-refractivity contribution in [3.63, 3.8) is 0 Å². The minimum absolute atomic E-state index is 0. The van der Waals surface area contributed by atoms with Crippen LogP contribution in [-0.2, 0) is 52.8 Å². The number of rotatable bonds is 4. The second-order valence-corrected chi connectivity index (χ2v) is 11.0. The van der Waals surface area contributed by atoms with Crippen LogP contribution in [0.5, 0.6) is 0 Å². The fourth-order valence-electron chi connectivity index (χ4n) is 5.77. The van der Waals surface area contributed by atoms with E-state index in [-0.39, 0.29) is 60.2 Å². The van der Waals surface area contributed by atoms with Crippen LogP contribution in [0.1, 0.15) is 85.1 Å². The summed E-state index contributed by atoms with van der Waals surface area (Å²) in [5, 5.41) is 3.65. The molecule has 2 heterocycles. The largest absolute Gasteiger partial charge is 0.358 e. The van der Waals surface area contributed by atoms with Gasteiger partial charge in [0.25, 0.3) is 0 Å². The molecule has 2 fully saturated rings. The molecule has 37 heavy (non-hydrogen) atoms. The van der Waals surface area contributed by atoms with E-state index in [1.165, 1.54) is 69.9 Å². The molecule has 4 heteroatoms. The Hall–Kier alpha value is -1.38. The second-order valence-electron chi connectivity index (χ2n) is 11.0. The molecule has 7 rings (SSSR count). The molecular formula is C33H34IrN2Y-2. The number of fused-ring (bicyclic) bond motifs is 6. The number of imidazole rings is 1. The molecule has 0 saturated heterocycles. The number of pyridine rings is 1. The molecule has 5 aromatic rings. The van der Waals surface area contributed by atoms with Gasteiger partial charge in [0.2, 0.25) is 0 Å².